The Morgan fingerprint density at radius 1 is 1.26 bits per heavy atom. The number of fused-ring (bicyclic) bond motifs is 1. The molecule has 2 aliphatic rings. The molecule has 1 fully saturated rings. The van der Waals surface area contributed by atoms with Crippen molar-refractivity contribution in [3.63, 3.8) is 0 Å². The molecule has 2 heterocycles. The summed E-state index contributed by atoms with van der Waals surface area (Å²) in [5.41, 5.74) is 0.949. The molecule has 3 nitrogen and oxygen atoms in total. The quantitative estimate of drug-likeness (QED) is 0.852. The molecular formula is C13H18F3N3. The molecule has 1 saturated carbocycles. The van der Waals surface area contributed by atoms with Gasteiger partial charge in [-0.2, -0.15) is 13.2 Å². The molecule has 0 aromatic carbocycles. The van der Waals surface area contributed by atoms with Crippen molar-refractivity contribution >= 4 is 0 Å². The summed E-state index contributed by atoms with van der Waals surface area (Å²) < 4.78 is 41.3. The lowest BCUT2D eigenvalue weighted by Gasteiger charge is -2.31. The highest BCUT2D eigenvalue weighted by atomic mass is 19.4. The van der Waals surface area contributed by atoms with E-state index in [0.717, 1.165) is 37.9 Å². The lowest BCUT2D eigenvalue weighted by atomic mass is 9.98. The maximum Gasteiger partial charge on any atom is 0.449 e. The van der Waals surface area contributed by atoms with Crippen molar-refractivity contribution < 1.29 is 13.2 Å². The molecule has 6 heteroatoms. The molecule has 0 amide bonds. The molecule has 3 rings (SSSR count). The van der Waals surface area contributed by atoms with E-state index < -0.39 is 17.5 Å². The van der Waals surface area contributed by atoms with Crippen molar-refractivity contribution in [2.45, 2.75) is 57.3 Å². The zero-order valence-electron chi connectivity index (χ0n) is 11.0. The number of hydrogen-bond acceptors (Lipinski definition) is 2. The van der Waals surface area contributed by atoms with Crippen molar-refractivity contribution in [2.75, 3.05) is 6.54 Å². The van der Waals surface area contributed by atoms with E-state index in [1.807, 2.05) is 6.92 Å². The average molecular weight is 273 g/mol. The average Bonchev–Trinajstić information content (AvgIpc) is 2.92. The van der Waals surface area contributed by atoms with Gasteiger partial charge >= 0.3 is 6.18 Å². The first kappa shape index (κ1) is 13.0. The molecule has 0 atom stereocenters. The van der Waals surface area contributed by atoms with E-state index in [0.29, 0.717) is 18.7 Å². The number of alkyl halides is 3. The summed E-state index contributed by atoms with van der Waals surface area (Å²) in [7, 11) is 0. The molecule has 0 radical (unpaired) electrons. The van der Waals surface area contributed by atoms with Crippen molar-refractivity contribution in [1.29, 1.82) is 0 Å². The van der Waals surface area contributed by atoms with Crippen LogP contribution in [-0.2, 0) is 24.7 Å². The highest BCUT2D eigenvalue weighted by Gasteiger charge is 2.45. The fourth-order valence-corrected chi connectivity index (χ4v) is 3.44. The van der Waals surface area contributed by atoms with Crippen LogP contribution in [0.3, 0.4) is 0 Å². The van der Waals surface area contributed by atoms with Crippen LogP contribution in [0.4, 0.5) is 13.2 Å². The summed E-state index contributed by atoms with van der Waals surface area (Å²) in [6, 6.07) is 0. The van der Waals surface area contributed by atoms with Crippen LogP contribution in [0.1, 0.15) is 49.8 Å². The Labute approximate surface area is 110 Å². The van der Waals surface area contributed by atoms with E-state index in [-0.39, 0.29) is 0 Å². The Morgan fingerprint density at radius 2 is 1.95 bits per heavy atom. The number of nitrogens with one attached hydrogen (secondary N) is 1. The van der Waals surface area contributed by atoms with Crippen LogP contribution >= 0.6 is 0 Å². The third-order valence-electron chi connectivity index (χ3n) is 4.36. The lowest BCUT2D eigenvalue weighted by molar-refractivity contribution is -0.149. The van der Waals surface area contributed by atoms with Gasteiger partial charge in [-0.1, -0.05) is 12.8 Å². The third-order valence-corrected chi connectivity index (χ3v) is 4.36. The Hall–Kier alpha value is -1.04. The van der Waals surface area contributed by atoms with Crippen LogP contribution in [0.5, 0.6) is 0 Å². The highest BCUT2D eigenvalue weighted by Crippen LogP contribution is 2.42. The van der Waals surface area contributed by atoms with Gasteiger partial charge in [0.15, 0.2) is 0 Å². The van der Waals surface area contributed by atoms with E-state index in [1.165, 1.54) is 4.57 Å². The topological polar surface area (TPSA) is 29.9 Å². The van der Waals surface area contributed by atoms with Crippen molar-refractivity contribution in [1.82, 2.24) is 14.9 Å². The number of hydrogen-bond donors (Lipinski definition) is 1. The molecule has 1 aliphatic carbocycles. The molecule has 0 spiro atoms. The van der Waals surface area contributed by atoms with Gasteiger partial charge in [-0.3, -0.25) is 0 Å². The van der Waals surface area contributed by atoms with Crippen molar-refractivity contribution in [3.05, 3.63) is 17.2 Å². The predicted octanol–water partition coefficient (Wildman–Crippen LogP) is 2.84. The Balaban J connectivity index is 2.17. The minimum absolute atomic E-state index is 0.414. The van der Waals surface area contributed by atoms with Crippen molar-refractivity contribution in [3.8, 4) is 0 Å². The largest absolute Gasteiger partial charge is 0.449 e. The summed E-state index contributed by atoms with van der Waals surface area (Å²) in [6.07, 6.45) is -0.117. The number of rotatable bonds is 1. The second-order valence-corrected chi connectivity index (χ2v) is 5.79. The van der Waals surface area contributed by atoms with Gasteiger partial charge in [0.1, 0.15) is 0 Å². The van der Waals surface area contributed by atoms with Gasteiger partial charge in [0, 0.05) is 30.7 Å². The fourth-order valence-electron chi connectivity index (χ4n) is 3.44. The van der Waals surface area contributed by atoms with E-state index in [2.05, 4.69) is 10.3 Å². The Morgan fingerprint density at radius 3 is 2.58 bits per heavy atom. The first-order valence-corrected chi connectivity index (χ1v) is 6.81. The van der Waals surface area contributed by atoms with Crippen LogP contribution in [-0.4, -0.2) is 16.1 Å². The van der Waals surface area contributed by atoms with Gasteiger partial charge in [-0.15, -0.1) is 0 Å². The van der Waals surface area contributed by atoms with Crippen molar-refractivity contribution in [2.24, 2.45) is 0 Å². The molecular weight excluding hydrogens is 255 g/mol. The summed E-state index contributed by atoms with van der Waals surface area (Å²) in [4.78, 5) is 3.89. The molecule has 0 bridgehead atoms. The van der Waals surface area contributed by atoms with Crippen LogP contribution in [0.25, 0.3) is 0 Å². The Bertz CT molecular complexity index is 484. The van der Waals surface area contributed by atoms with Gasteiger partial charge in [0.25, 0.3) is 0 Å². The van der Waals surface area contributed by atoms with E-state index in [4.69, 9.17) is 0 Å². The SMILES string of the molecule is CC1(n2c(C(F)(F)F)nc3c2CCNC3)CCCC1. The minimum Gasteiger partial charge on any atom is -0.318 e. The standard InChI is InChI=1S/C13H18F3N3/c1-12(5-2-3-6-12)19-10-4-7-17-8-9(10)18-11(19)13(14,15)16/h17H,2-8H2,1H3. The maximum atomic E-state index is 13.3. The summed E-state index contributed by atoms with van der Waals surface area (Å²) >= 11 is 0. The number of nitrogens with zero attached hydrogens (tertiary/aromatic N) is 2. The molecule has 1 aromatic rings. The van der Waals surface area contributed by atoms with E-state index in [9.17, 15) is 13.2 Å². The van der Waals surface area contributed by atoms with Crippen LogP contribution in [0.15, 0.2) is 0 Å². The second-order valence-electron chi connectivity index (χ2n) is 5.79. The summed E-state index contributed by atoms with van der Waals surface area (Å²) in [5, 5.41) is 3.09. The highest BCUT2D eigenvalue weighted by molar-refractivity contribution is 5.24. The molecule has 0 unspecified atom stereocenters. The van der Waals surface area contributed by atoms with Gasteiger partial charge in [-0.25, -0.2) is 4.98 Å². The number of imidazole rings is 1. The van der Waals surface area contributed by atoms with E-state index >= 15 is 0 Å². The van der Waals surface area contributed by atoms with E-state index in [1.54, 1.807) is 0 Å². The number of aromatic nitrogens is 2. The summed E-state index contributed by atoms with van der Waals surface area (Å²) in [5.74, 6) is -0.703. The van der Waals surface area contributed by atoms with Gasteiger partial charge < -0.3 is 9.88 Å². The smallest absolute Gasteiger partial charge is 0.318 e. The van der Waals surface area contributed by atoms with Gasteiger partial charge in [0.05, 0.1) is 5.69 Å². The van der Waals surface area contributed by atoms with Crippen LogP contribution in [0, 0.1) is 0 Å². The fraction of sp³-hybridized carbons (Fsp3) is 0.769. The predicted molar refractivity (Wildman–Crippen MR) is 64.8 cm³/mol. The zero-order chi connectivity index (χ0) is 13.7. The lowest BCUT2D eigenvalue weighted by Crippen LogP contribution is -2.34. The maximum absolute atomic E-state index is 13.3. The molecule has 1 N–H and O–H groups in total. The second kappa shape index (κ2) is 4.23. The first-order chi connectivity index (χ1) is 8.92. The molecule has 1 aromatic heterocycles. The van der Waals surface area contributed by atoms with Crippen LogP contribution < -0.4 is 5.32 Å². The monoisotopic (exact) mass is 273 g/mol. The summed E-state index contributed by atoms with van der Waals surface area (Å²) in [6.45, 7) is 3.12. The normalized spacial score (nSPS) is 22.5. The zero-order valence-corrected chi connectivity index (χ0v) is 11.0. The third kappa shape index (κ3) is 2.06. The Kier molecular flexibility index (Phi) is 2.89. The number of halogens is 3. The molecule has 0 saturated heterocycles. The van der Waals surface area contributed by atoms with Crippen LogP contribution in [0.2, 0.25) is 0 Å². The minimum atomic E-state index is -4.37. The van der Waals surface area contributed by atoms with Gasteiger partial charge in [-0.05, 0) is 19.8 Å². The van der Waals surface area contributed by atoms with Gasteiger partial charge in [0.2, 0.25) is 5.82 Å². The first-order valence-electron chi connectivity index (χ1n) is 6.81. The molecule has 106 valence electrons. The molecule has 1 aliphatic heterocycles. The molecule has 19 heavy (non-hydrogen) atoms.